The van der Waals surface area contributed by atoms with Crippen molar-refractivity contribution in [2.75, 3.05) is 6.26 Å². The maximum absolute atomic E-state index is 6.38. The SMILES string of the molecule is CCC(CC)(Cn1ccc2c1CC(C)(C)CC2N)SC. The number of nitrogens with two attached hydrogens (primary N) is 1. The molecule has 2 N–H and O–H groups in total. The maximum atomic E-state index is 6.38. The van der Waals surface area contributed by atoms with Crippen LogP contribution in [-0.4, -0.2) is 15.6 Å². The standard InChI is InChI=1S/C17H30N2S/c1-6-17(7-2,20-5)12-19-9-8-13-14(18)10-16(3,4)11-15(13)19/h8-9,14H,6-7,10-12,18H2,1-5H3. The normalized spacial score (nSPS) is 21.8. The summed E-state index contributed by atoms with van der Waals surface area (Å²) in [6.45, 7) is 10.4. The Kier molecular flexibility index (Phi) is 4.60. The van der Waals surface area contributed by atoms with E-state index in [0.29, 0.717) is 10.2 Å². The van der Waals surface area contributed by atoms with Crippen molar-refractivity contribution in [3.05, 3.63) is 23.5 Å². The van der Waals surface area contributed by atoms with Gasteiger partial charge in [-0.05, 0) is 49.0 Å². The second-order valence-electron chi connectivity index (χ2n) is 7.09. The molecule has 0 radical (unpaired) electrons. The van der Waals surface area contributed by atoms with Crippen LogP contribution in [0.5, 0.6) is 0 Å². The Morgan fingerprint density at radius 3 is 2.60 bits per heavy atom. The van der Waals surface area contributed by atoms with Crippen LogP contribution in [0.15, 0.2) is 12.3 Å². The highest BCUT2D eigenvalue weighted by molar-refractivity contribution is 8.00. The molecule has 20 heavy (non-hydrogen) atoms. The molecule has 1 aromatic rings. The van der Waals surface area contributed by atoms with Gasteiger partial charge in [0.2, 0.25) is 0 Å². The summed E-state index contributed by atoms with van der Waals surface area (Å²) in [5.41, 5.74) is 9.56. The van der Waals surface area contributed by atoms with Gasteiger partial charge in [0, 0.05) is 29.2 Å². The third-order valence-corrected chi connectivity index (χ3v) is 6.68. The molecule has 1 aliphatic carbocycles. The fraction of sp³-hybridized carbons (Fsp3) is 0.765. The molecule has 0 saturated heterocycles. The van der Waals surface area contributed by atoms with Crippen molar-refractivity contribution >= 4 is 11.8 Å². The first-order chi connectivity index (χ1) is 9.36. The van der Waals surface area contributed by atoms with Gasteiger partial charge in [-0.3, -0.25) is 0 Å². The Labute approximate surface area is 128 Å². The van der Waals surface area contributed by atoms with E-state index in [0.717, 1.165) is 19.4 Å². The van der Waals surface area contributed by atoms with Gasteiger partial charge in [0.25, 0.3) is 0 Å². The predicted molar refractivity (Wildman–Crippen MR) is 90.3 cm³/mol. The molecule has 1 unspecified atom stereocenters. The van der Waals surface area contributed by atoms with Crippen LogP contribution in [0.25, 0.3) is 0 Å². The number of hydrogen-bond donors (Lipinski definition) is 1. The summed E-state index contributed by atoms with van der Waals surface area (Å²) in [7, 11) is 0. The minimum Gasteiger partial charge on any atom is -0.350 e. The predicted octanol–water partition coefficient (Wildman–Crippen LogP) is 4.38. The van der Waals surface area contributed by atoms with Crippen molar-refractivity contribution < 1.29 is 0 Å². The molecule has 1 aromatic heterocycles. The van der Waals surface area contributed by atoms with E-state index < -0.39 is 0 Å². The summed E-state index contributed by atoms with van der Waals surface area (Å²) in [4.78, 5) is 0. The molecule has 2 nitrogen and oxygen atoms in total. The molecule has 1 aliphatic rings. The monoisotopic (exact) mass is 294 g/mol. The van der Waals surface area contributed by atoms with Gasteiger partial charge in [-0.1, -0.05) is 27.7 Å². The number of nitrogens with zero attached hydrogens (tertiary/aromatic N) is 1. The highest BCUT2D eigenvalue weighted by Gasteiger charge is 2.34. The Morgan fingerprint density at radius 2 is 2.05 bits per heavy atom. The zero-order valence-corrected chi connectivity index (χ0v) is 14.5. The average Bonchev–Trinajstić information content (AvgIpc) is 2.78. The molecule has 0 fully saturated rings. The van der Waals surface area contributed by atoms with Crippen LogP contribution in [-0.2, 0) is 13.0 Å². The second kappa shape index (κ2) is 5.76. The van der Waals surface area contributed by atoms with E-state index in [2.05, 4.69) is 50.8 Å². The van der Waals surface area contributed by atoms with Crippen molar-refractivity contribution in [2.24, 2.45) is 11.1 Å². The van der Waals surface area contributed by atoms with E-state index in [1.165, 1.54) is 24.1 Å². The van der Waals surface area contributed by atoms with E-state index in [9.17, 15) is 0 Å². The first-order valence-electron chi connectivity index (χ1n) is 7.85. The lowest BCUT2D eigenvalue weighted by Crippen LogP contribution is -2.33. The fourth-order valence-electron chi connectivity index (χ4n) is 3.58. The Hall–Kier alpha value is -0.410. The summed E-state index contributed by atoms with van der Waals surface area (Å²) in [6, 6.07) is 2.47. The third kappa shape index (κ3) is 2.94. The van der Waals surface area contributed by atoms with Crippen molar-refractivity contribution in [3.8, 4) is 0 Å². The zero-order chi connectivity index (χ0) is 15.0. The highest BCUT2D eigenvalue weighted by Crippen LogP contribution is 2.41. The van der Waals surface area contributed by atoms with E-state index >= 15 is 0 Å². The molecule has 0 spiro atoms. The molecule has 0 amide bonds. The topological polar surface area (TPSA) is 30.9 Å². The highest BCUT2D eigenvalue weighted by atomic mass is 32.2. The van der Waals surface area contributed by atoms with Gasteiger partial charge in [0.05, 0.1) is 0 Å². The second-order valence-corrected chi connectivity index (χ2v) is 8.37. The summed E-state index contributed by atoms with van der Waals surface area (Å²) in [5.74, 6) is 0. The molecular weight excluding hydrogens is 264 g/mol. The molecule has 0 bridgehead atoms. The fourth-order valence-corrected chi connectivity index (χ4v) is 4.43. The number of rotatable bonds is 5. The molecule has 2 rings (SSSR count). The quantitative estimate of drug-likeness (QED) is 0.873. The van der Waals surface area contributed by atoms with Crippen LogP contribution in [0.2, 0.25) is 0 Å². The Bertz CT molecular complexity index is 449. The van der Waals surface area contributed by atoms with E-state index in [1.54, 1.807) is 0 Å². The van der Waals surface area contributed by atoms with Gasteiger partial charge >= 0.3 is 0 Å². The van der Waals surface area contributed by atoms with Crippen LogP contribution in [0.3, 0.4) is 0 Å². The van der Waals surface area contributed by atoms with Crippen LogP contribution in [0, 0.1) is 5.41 Å². The van der Waals surface area contributed by atoms with Crippen molar-refractivity contribution in [1.29, 1.82) is 0 Å². The molecule has 1 heterocycles. The largest absolute Gasteiger partial charge is 0.350 e. The summed E-state index contributed by atoms with van der Waals surface area (Å²) < 4.78 is 2.85. The molecule has 1 atom stereocenters. The Balaban J connectivity index is 2.32. The third-order valence-electron chi connectivity index (χ3n) is 5.11. The van der Waals surface area contributed by atoms with Gasteiger partial charge in [-0.15, -0.1) is 0 Å². The minimum atomic E-state index is 0.210. The van der Waals surface area contributed by atoms with Gasteiger partial charge in [0.1, 0.15) is 0 Å². The zero-order valence-electron chi connectivity index (χ0n) is 13.7. The molecule has 0 saturated carbocycles. The molecular formula is C17H30N2S. The van der Waals surface area contributed by atoms with Crippen molar-refractivity contribution in [3.63, 3.8) is 0 Å². The number of thioether (sulfide) groups is 1. The average molecular weight is 295 g/mol. The molecule has 114 valence electrons. The minimum absolute atomic E-state index is 0.210. The Morgan fingerprint density at radius 1 is 1.40 bits per heavy atom. The molecule has 0 aliphatic heterocycles. The van der Waals surface area contributed by atoms with Gasteiger partial charge < -0.3 is 10.3 Å². The van der Waals surface area contributed by atoms with Gasteiger partial charge in [-0.2, -0.15) is 11.8 Å². The van der Waals surface area contributed by atoms with Crippen molar-refractivity contribution in [1.82, 2.24) is 4.57 Å². The molecule has 0 aromatic carbocycles. The van der Waals surface area contributed by atoms with Gasteiger partial charge in [-0.25, -0.2) is 0 Å². The number of hydrogen-bond acceptors (Lipinski definition) is 2. The van der Waals surface area contributed by atoms with E-state index in [4.69, 9.17) is 5.73 Å². The summed E-state index contributed by atoms with van der Waals surface area (Å²) >= 11 is 2.01. The van der Waals surface area contributed by atoms with Crippen LogP contribution in [0.4, 0.5) is 0 Å². The smallest absolute Gasteiger partial charge is 0.0369 e. The van der Waals surface area contributed by atoms with Gasteiger partial charge in [0.15, 0.2) is 0 Å². The lowest BCUT2D eigenvalue weighted by atomic mass is 9.74. The molecule has 3 heteroatoms. The van der Waals surface area contributed by atoms with Crippen LogP contribution >= 0.6 is 11.8 Å². The maximum Gasteiger partial charge on any atom is 0.0369 e. The first kappa shape index (κ1) is 16.0. The lowest BCUT2D eigenvalue weighted by Gasteiger charge is -2.36. The van der Waals surface area contributed by atoms with E-state index in [1.807, 2.05) is 11.8 Å². The van der Waals surface area contributed by atoms with Crippen LogP contribution in [0.1, 0.15) is 64.3 Å². The lowest BCUT2D eigenvalue weighted by molar-refractivity contribution is 0.273. The summed E-state index contributed by atoms with van der Waals surface area (Å²) in [6.07, 6.45) is 9.20. The first-order valence-corrected chi connectivity index (χ1v) is 9.07. The van der Waals surface area contributed by atoms with Crippen LogP contribution < -0.4 is 5.73 Å². The van der Waals surface area contributed by atoms with Crippen molar-refractivity contribution in [2.45, 2.75) is 70.7 Å². The number of aromatic nitrogens is 1. The number of fused-ring (bicyclic) bond motifs is 1. The van der Waals surface area contributed by atoms with E-state index in [-0.39, 0.29) is 6.04 Å². The summed E-state index contributed by atoms with van der Waals surface area (Å²) in [5, 5.41) is 0.